The van der Waals surface area contributed by atoms with Crippen LogP contribution in [0.1, 0.15) is 55.9 Å². The van der Waals surface area contributed by atoms with Crippen molar-refractivity contribution < 1.29 is 0 Å². The fourth-order valence-corrected chi connectivity index (χ4v) is 0.732. The van der Waals surface area contributed by atoms with Gasteiger partial charge in [-0.25, -0.2) is 5.43 Å². The molecule has 0 amide bonds. The van der Waals surface area contributed by atoms with Crippen molar-refractivity contribution in [2.45, 2.75) is 61.9 Å². The molecule has 0 saturated heterocycles. The third-order valence-corrected chi connectivity index (χ3v) is 1.21. The molecule has 0 spiro atoms. The monoisotopic (exact) mass is 227 g/mol. The molecule has 0 aromatic rings. The summed E-state index contributed by atoms with van der Waals surface area (Å²) < 4.78 is 0. The number of hydrogen-bond donors (Lipinski definition) is 1. The maximum absolute atomic E-state index is 3.18. The highest BCUT2D eigenvalue weighted by Crippen LogP contribution is 1.97. The van der Waals surface area contributed by atoms with E-state index in [1.807, 2.05) is 13.8 Å². The Balaban J connectivity index is -0.0000000793. The summed E-state index contributed by atoms with van der Waals surface area (Å²) in [6, 6.07) is 0.578. The molecule has 1 N–H and O–H groups in total. The second-order valence-electron chi connectivity index (χ2n) is 3.98. The zero-order valence-corrected chi connectivity index (χ0v) is 11.5. The molecule has 16 heavy (non-hydrogen) atoms. The van der Waals surface area contributed by atoms with Crippen LogP contribution in [0.2, 0.25) is 0 Å². The largest absolute Gasteiger partial charge is 0.313 e. The van der Waals surface area contributed by atoms with Crippen LogP contribution in [0.25, 0.3) is 0 Å². The second kappa shape index (κ2) is 17.0. The Morgan fingerprint density at radius 3 is 1.56 bits per heavy atom. The molecule has 0 atom stereocenters. The smallest absolute Gasteiger partial charge is 0.0391 e. The molecule has 0 bridgehead atoms. The Labute approximate surface area is 106 Å². The Morgan fingerprint density at radius 1 is 1.06 bits per heavy atom. The molecule has 1 aliphatic rings. The standard InChI is InChI=1S/C6H12N2.C4H10.C2H6.CH4.B/c1-6(2)8-5-3-4-7-8;1-4(2)3;1-2;;/h3,5-7H,4H2,1-2H3;4H,1-3H3;1-2H3;1H4;. The number of hydrazine groups is 1. The van der Waals surface area contributed by atoms with Crippen LogP contribution >= 0.6 is 0 Å². The summed E-state index contributed by atoms with van der Waals surface area (Å²) in [5, 5.41) is 2.10. The van der Waals surface area contributed by atoms with E-state index in [4.69, 9.17) is 0 Å². The van der Waals surface area contributed by atoms with E-state index in [-0.39, 0.29) is 15.8 Å². The average Bonchev–Trinajstić information content (AvgIpc) is 2.58. The lowest BCUT2D eigenvalue weighted by Gasteiger charge is -2.19. The quantitative estimate of drug-likeness (QED) is 0.687. The van der Waals surface area contributed by atoms with Gasteiger partial charge in [0, 0.05) is 27.2 Å². The van der Waals surface area contributed by atoms with E-state index >= 15 is 0 Å². The van der Waals surface area contributed by atoms with Gasteiger partial charge in [0.15, 0.2) is 0 Å². The molecule has 0 saturated carbocycles. The molecule has 1 aliphatic heterocycles. The van der Waals surface area contributed by atoms with Gasteiger partial charge in [0.1, 0.15) is 0 Å². The molecule has 0 aromatic heterocycles. The Morgan fingerprint density at radius 2 is 1.44 bits per heavy atom. The van der Waals surface area contributed by atoms with Crippen LogP contribution < -0.4 is 5.43 Å². The molecule has 3 heteroatoms. The minimum atomic E-state index is 0. The summed E-state index contributed by atoms with van der Waals surface area (Å²) in [5.41, 5.74) is 3.18. The first-order chi connectivity index (χ1) is 6.54. The average molecular weight is 227 g/mol. The molecule has 0 aliphatic carbocycles. The van der Waals surface area contributed by atoms with Crippen molar-refractivity contribution in [3.63, 3.8) is 0 Å². The Bertz CT molecular complexity index is 131. The van der Waals surface area contributed by atoms with Crippen LogP contribution in [-0.2, 0) is 0 Å². The minimum absolute atomic E-state index is 0. The van der Waals surface area contributed by atoms with Gasteiger partial charge in [-0.15, -0.1) is 0 Å². The van der Waals surface area contributed by atoms with E-state index in [2.05, 4.69) is 57.3 Å². The first-order valence-corrected chi connectivity index (χ1v) is 5.72. The lowest BCUT2D eigenvalue weighted by atomic mass is 10.3. The summed E-state index contributed by atoms with van der Waals surface area (Å²) >= 11 is 0. The number of hydrogen-bond acceptors (Lipinski definition) is 2. The van der Waals surface area contributed by atoms with Crippen molar-refractivity contribution in [2.24, 2.45) is 5.92 Å². The van der Waals surface area contributed by atoms with Gasteiger partial charge in [0.05, 0.1) is 0 Å². The van der Waals surface area contributed by atoms with Gasteiger partial charge >= 0.3 is 0 Å². The Kier molecular flexibility index (Phi) is 26.2. The van der Waals surface area contributed by atoms with Gasteiger partial charge < -0.3 is 5.01 Å². The molecule has 3 radical (unpaired) electrons. The highest BCUT2D eigenvalue weighted by Gasteiger charge is 2.04. The van der Waals surface area contributed by atoms with Crippen molar-refractivity contribution in [1.82, 2.24) is 10.4 Å². The van der Waals surface area contributed by atoms with E-state index in [9.17, 15) is 0 Å². The maximum atomic E-state index is 3.18. The van der Waals surface area contributed by atoms with E-state index < -0.39 is 0 Å². The fourth-order valence-electron chi connectivity index (χ4n) is 0.732. The van der Waals surface area contributed by atoms with Crippen molar-refractivity contribution in [1.29, 1.82) is 0 Å². The summed E-state index contributed by atoms with van der Waals surface area (Å²) in [6.45, 7) is 15.8. The van der Waals surface area contributed by atoms with E-state index in [1.165, 1.54) is 0 Å². The lowest BCUT2D eigenvalue weighted by Crippen LogP contribution is -2.34. The van der Waals surface area contributed by atoms with Crippen molar-refractivity contribution in [2.75, 3.05) is 6.54 Å². The third kappa shape index (κ3) is 19.2. The summed E-state index contributed by atoms with van der Waals surface area (Å²) in [6.07, 6.45) is 4.19. The van der Waals surface area contributed by atoms with Crippen molar-refractivity contribution in [3.8, 4) is 0 Å². The van der Waals surface area contributed by atoms with Gasteiger partial charge in [-0.2, -0.15) is 0 Å². The van der Waals surface area contributed by atoms with E-state index in [1.54, 1.807) is 0 Å². The van der Waals surface area contributed by atoms with Gasteiger partial charge in [0.2, 0.25) is 0 Å². The first kappa shape index (κ1) is 24.7. The van der Waals surface area contributed by atoms with Crippen LogP contribution in [0, 0.1) is 5.92 Å². The molecule has 1 rings (SSSR count). The molecule has 2 nitrogen and oxygen atoms in total. The molecular formula is C13H32BN2. The highest BCUT2D eigenvalue weighted by atomic mass is 15.5. The predicted molar refractivity (Wildman–Crippen MR) is 78.5 cm³/mol. The normalized spacial score (nSPS) is 11.9. The number of nitrogens with one attached hydrogen (secondary N) is 1. The molecule has 0 aromatic carbocycles. The summed E-state index contributed by atoms with van der Waals surface area (Å²) in [7, 11) is 0. The van der Waals surface area contributed by atoms with Gasteiger partial charge in [-0.05, 0) is 19.8 Å². The summed E-state index contributed by atoms with van der Waals surface area (Å²) in [4.78, 5) is 0. The van der Waals surface area contributed by atoms with Gasteiger partial charge in [0.25, 0.3) is 0 Å². The molecule has 97 valence electrons. The van der Waals surface area contributed by atoms with E-state index in [0.29, 0.717) is 6.04 Å². The molecule has 0 fully saturated rings. The first-order valence-electron chi connectivity index (χ1n) is 5.72. The minimum Gasteiger partial charge on any atom is -0.313 e. The zero-order valence-electron chi connectivity index (χ0n) is 11.5. The fraction of sp³-hybridized carbons (Fsp3) is 0.846. The van der Waals surface area contributed by atoms with Crippen LogP contribution in [0.15, 0.2) is 12.3 Å². The van der Waals surface area contributed by atoms with Crippen molar-refractivity contribution in [3.05, 3.63) is 12.3 Å². The second-order valence-corrected chi connectivity index (χ2v) is 3.98. The topological polar surface area (TPSA) is 15.3 Å². The number of nitrogens with zero attached hydrogens (tertiary/aromatic N) is 1. The van der Waals surface area contributed by atoms with E-state index in [0.717, 1.165) is 12.5 Å². The van der Waals surface area contributed by atoms with Crippen LogP contribution in [0.4, 0.5) is 0 Å². The zero-order chi connectivity index (χ0) is 11.6. The molecular weight excluding hydrogens is 195 g/mol. The SMILES string of the molecule is C.CC.CC(C)C.CC(C)N1C=CCN1.[B]. The van der Waals surface area contributed by atoms with Crippen LogP contribution in [0.3, 0.4) is 0 Å². The molecule has 1 heterocycles. The lowest BCUT2D eigenvalue weighted by molar-refractivity contribution is 0.250. The van der Waals surface area contributed by atoms with Crippen molar-refractivity contribution >= 4 is 8.41 Å². The predicted octanol–water partition coefficient (Wildman–Crippen LogP) is 3.67. The van der Waals surface area contributed by atoms with Gasteiger partial charge in [-0.1, -0.05) is 48.1 Å². The molecule has 0 unspecified atom stereocenters. The third-order valence-electron chi connectivity index (χ3n) is 1.21. The van der Waals surface area contributed by atoms with Crippen LogP contribution in [-0.4, -0.2) is 26.0 Å². The Hall–Kier alpha value is -0.435. The van der Waals surface area contributed by atoms with Crippen LogP contribution in [0.5, 0.6) is 0 Å². The number of rotatable bonds is 1. The maximum Gasteiger partial charge on any atom is 0.0391 e. The summed E-state index contributed by atoms with van der Waals surface area (Å²) in [5.74, 6) is 0.833. The highest BCUT2D eigenvalue weighted by molar-refractivity contribution is 5.75. The van der Waals surface area contributed by atoms with Gasteiger partial charge in [-0.3, -0.25) is 0 Å².